The van der Waals surface area contributed by atoms with Gasteiger partial charge in [0, 0.05) is 6.92 Å². The average molecular weight is 223 g/mol. The first-order chi connectivity index (χ1) is 4.63. The van der Waals surface area contributed by atoms with Crippen LogP contribution in [0.4, 0.5) is 0 Å². The van der Waals surface area contributed by atoms with E-state index < -0.39 is 5.97 Å². The molecule has 0 aliphatic carbocycles. The molecule has 56 valence electrons. The number of hydrogen-bond acceptors (Lipinski definition) is 2. The van der Waals surface area contributed by atoms with Gasteiger partial charge in [0.2, 0.25) is 0 Å². The van der Waals surface area contributed by atoms with Gasteiger partial charge in [-0.15, -0.1) is 11.3 Å². The number of hydrogen-bond donors (Lipinski definition) is 1. The first kappa shape index (κ1) is 9.65. The van der Waals surface area contributed by atoms with Gasteiger partial charge < -0.3 is 5.11 Å². The van der Waals surface area contributed by atoms with Crippen LogP contribution in [0.25, 0.3) is 0 Å². The van der Waals surface area contributed by atoms with Crippen molar-refractivity contribution in [3.05, 3.63) is 21.3 Å². The Morgan fingerprint density at radius 2 is 2.30 bits per heavy atom. The minimum Gasteiger partial charge on any atom is -0.481 e. The third kappa shape index (κ3) is 7.65. The van der Waals surface area contributed by atoms with Gasteiger partial charge in [-0.05, 0) is 27.4 Å². The molecule has 1 rings (SSSR count). The van der Waals surface area contributed by atoms with Gasteiger partial charge in [-0.25, -0.2) is 0 Å². The highest BCUT2D eigenvalue weighted by atomic mass is 79.9. The van der Waals surface area contributed by atoms with Gasteiger partial charge >= 0.3 is 0 Å². The van der Waals surface area contributed by atoms with Gasteiger partial charge in [-0.3, -0.25) is 4.79 Å². The summed E-state index contributed by atoms with van der Waals surface area (Å²) >= 11 is 4.99. The Hall–Kier alpha value is -0.350. The molecule has 2 nitrogen and oxygen atoms in total. The number of carbonyl (C=O) groups is 1. The summed E-state index contributed by atoms with van der Waals surface area (Å²) in [5, 5.41) is 9.45. The zero-order chi connectivity index (χ0) is 7.98. The molecule has 0 spiro atoms. The summed E-state index contributed by atoms with van der Waals surface area (Å²) in [6.07, 6.45) is 0. The largest absolute Gasteiger partial charge is 0.481 e. The second-order valence-electron chi connectivity index (χ2n) is 1.44. The van der Waals surface area contributed by atoms with E-state index in [2.05, 4.69) is 15.9 Å². The molecule has 1 aromatic heterocycles. The van der Waals surface area contributed by atoms with Crippen molar-refractivity contribution in [2.45, 2.75) is 6.92 Å². The Bertz CT molecular complexity index is 180. The van der Waals surface area contributed by atoms with Gasteiger partial charge in [0.15, 0.2) is 0 Å². The maximum Gasteiger partial charge on any atom is 0.300 e. The Kier molecular flexibility index (Phi) is 5.25. The zero-order valence-electron chi connectivity index (χ0n) is 5.37. The smallest absolute Gasteiger partial charge is 0.300 e. The van der Waals surface area contributed by atoms with Crippen molar-refractivity contribution in [3.63, 3.8) is 0 Å². The summed E-state index contributed by atoms with van der Waals surface area (Å²) < 4.78 is 1.20. The number of carboxylic acid groups (broad SMARTS) is 1. The molecular formula is C6H7BrO2S. The van der Waals surface area contributed by atoms with E-state index in [4.69, 9.17) is 9.90 Å². The molecule has 0 aromatic carbocycles. The summed E-state index contributed by atoms with van der Waals surface area (Å²) in [6, 6.07) is 4.03. The van der Waals surface area contributed by atoms with E-state index >= 15 is 0 Å². The monoisotopic (exact) mass is 222 g/mol. The van der Waals surface area contributed by atoms with E-state index in [1.54, 1.807) is 11.3 Å². The Labute approximate surface area is 71.6 Å². The molecule has 0 fully saturated rings. The van der Waals surface area contributed by atoms with Gasteiger partial charge in [-0.2, -0.15) is 0 Å². The van der Waals surface area contributed by atoms with Crippen LogP contribution < -0.4 is 0 Å². The molecule has 10 heavy (non-hydrogen) atoms. The molecule has 1 aromatic rings. The van der Waals surface area contributed by atoms with Crippen LogP contribution >= 0.6 is 27.3 Å². The minimum atomic E-state index is -0.833. The fourth-order valence-electron chi connectivity index (χ4n) is 0.259. The van der Waals surface area contributed by atoms with Crippen LogP contribution in [0.2, 0.25) is 0 Å². The first-order valence-electron chi connectivity index (χ1n) is 2.51. The van der Waals surface area contributed by atoms with Gasteiger partial charge in [0.25, 0.3) is 5.97 Å². The van der Waals surface area contributed by atoms with Crippen molar-refractivity contribution in [2.24, 2.45) is 0 Å². The van der Waals surface area contributed by atoms with Crippen LogP contribution in [0.1, 0.15) is 6.92 Å². The van der Waals surface area contributed by atoms with Crippen LogP contribution in [-0.2, 0) is 4.79 Å². The Morgan fingerprint density at radius 1 is 1.80 bits per heavy atom. The van der Waals surface area contributed by atoms with Gasteiger partial charge in [-0.1, -0.05) is 6.07 Å². The quantitative estimate of drug-likeness (QED) is 0.733. The summed E-state index contributed by atoms with van der Waals surface area (Å²) in [5.41, 5.74) is 0. The van der Waals surface area contributed by atoms with Crippen molar-refractivity contribution >= 4 is 33.2 Å². The molecule has 0 unspecified atom stereocenters. The number of thiophene rings is 1. The third-order valence-electron chi connectivity index (χ3n) is 0.486. The lowest BCUT2D eigenvalue weighted by molar-refractivity contribution is -0.134. The molecular weight excluding hydrogens is 216 g/mol. The summed E-state index contributed by atoms with van der Waals surface area (Å²) in [6.45, 7) is 1.08. The number of aliphatic carboxylic acids is 1. The van der Waals surface area contributed by atoms with Crippen molar-refractivity contribution < 1.29 is 9.90 Å². The SMILES string of the molecule is Brc1cccs1.CC(=O)O. The molecule has 0 aliphatic rings. The third-order valence-corrected chi connectivity index (χ3v) is 1.97. The van der Waals surface area contributed by atoms with E-state index in [0.717, 1.165) is 6.92 Å². The molecule has 0 saturated carbocycles. The molecule has 0 amide bonds. The number of halogens is 1. The second kappa shape index (κ2) is 5.44. The molecule has 0 aliphatic heterocycles. The maximum absolute atomic E-state index is 9.00. The summed E-state index contributed by atoms with van der Waals surface area (Å²) in [4.78, 5) is 9.00. The predicted molar refractivity (Wildman–Crippen MR) is 45.3 cm³/mol. The highest BCUT2D eigenvalue weighted by Gasteiger charge is 1.77. The Morgan fingerprint density at radius 3 is 2.40 bits per heavy atom. The summed E-state index contributed by atoms with van der Waals surface area (Å²) in [7, 11) is 0. The number of rotatable bonds is 0. The normalized spacial score (nSPS) is 7.80. The maximum atomic E-state index is 9.00. The molecule has 0 saturated heterocycles. The fraction of sp³-hybridized carbons (Fsp3) is 0.167. The highest BCUT2D eigenvalue weighted by Crippen LogP contribution is 2.14. The molecule has 4 heteroatoms. The second-order valence-corrected chi connectivity index (χ2v) is 3.76. The lowest BCUT2D eigenvalue weighted by Gasteiger charge is -1.62. The van der Waals surface area contributed by atoms with Crippen LogP contribution in [-0.4, -0.2) is 11.1 Å². The number of carboxylic acids is 1. The highest BCUT2D eigenvalue weighted by molar-refractivity contribution is 9.11. The molecule has 0 radical (unpaired) electrons. The van der Waals surface area contributed by atoms with Crippen molar-refractivity contribution in [1.29, 1.82) is 0 Å². The Balaban J connectivity index is 0.000000180. The minimum absolute atomic E-state index is 0.833. The first-order valence-corrected chi connectivity index (χ1v) is 4.18. The zero-order valence-corrected chi connectivity index (χ0v) is 7.78. The van der Waals surface area contributed by atoms with Gasteiger partial charge in [0.05, 0.1) is 3.79 Å². The van der Waals surface area contributed by atoms with Crippen LogP contribution in [0.3, 0.4) is 0 Å². The predicted octanol–water partition coefficient (Wildman–Crippen LogP) is 2.60. The van der Waals surface area contributed by atoms with E-state index in [1.807, 2.05) is 17.5 Å². The fourth-order valence-corrected chi connectivity index (χ4v) is 1.18. The molecule has 0 atom stereocenters. The molecule has 1 N–H and O–H groups in total. The summed E-state index contributed by atoms with van der Waals surface area (Å²) in [5.74, 6) is -0.833. The van der Waals surface area contributed by atoms with E-state index in [-0.39, 0.29) is 0 Å². The van der Waals surface area contributed by atoms with Crippen LogP contribution in [0, 0.1) is 0 Å². The van der Waals surface area contributed by atoms with E-state index in [0.29, 0.717) is 0 Å². The standard InChI is InChI=1S/C4H3BrS.C2H4O2/c5-4-2-1-3-6-4;1-2(3)4/h1-3H;1H3,(H,3,4). The van der Waals surface area contributed by atoms with Crippen molar-refractivity contribution in [2.75, 3.05) is 0 Å². The molecule has 0 bridgehead atoms. The molecule has 1 heterocycles. The average Bonchev–Trinajstić information content (AvgIpc) is 2.15. The topological polar surface area (TPSA) is 37.3 Å². The van der Waals surface area contributed by atoms with Crippen molar-refractivity contribution in [1.82, 2.24) is 0 Å². The van der Waals surface area contributed by atoms with E-state index in [1.165, 1.54) is 3.79 Å². The van der Waals surface area contributed by atoms with Crippen molar-refractivity contribution in [3.8, 4) is 0 Å². The lowest BCUT2D eigenvalue weighted by Crippen LogP contribution is -1.78. The lowest BCUT2D eigenvalue weighted by atomic mass is 10.7. The van der Waals surface area contributed by atoms with Crippen LogP contribution in [0.15, 0.2) is 21.3 Å². The van der Waals surface area contributed by atoms with Crippen LogP contribution in [0.5, 0.6) is 0 Å². The van der Waals surface area contributed by atoms with Gasteiger partial charge in [0.1, 0.15) is 0 Å². The van der Waals surface area contributed by atoms with E-state index in [9.17, 15) is 0 Å².